The summed E-state index contributed by atoms with van der Waals surface area (Å²) in [5.74, 6) is 0. The van der Waals surface area contributed by atoms with Crippen molar-refractivity contribution in [2.24, 2.45) is 0 Å². The second-order valence-electron chi connectivity index (χ2n) is 3.54. The predicted octanol–water partition coefficient (Wildman–Crippen LogP) is 1.69. The Morgan fingerprint density at radius 3 is 2.00 bits per heavy atom. The van der Waals surface area contributed by atoms with Crippen molar-refractivity contribution >= 4 is 51.0 Å². The average Bonchev–Trinajstić information content (AvgIpc) is 2.30. The molecule has 4 nitrogen and oxygen atoms in total. The third kappa shape index (κ3) is 3.74. The summed E-state index contributed by atoms with van der Waals surface area (Å²) in [5, 5.41) is 0. The van der Waals surface area contributed by atoms with Gasteiger partial charge in [-0.3, -0.25) is 4.72 Å². The molecule has 0 atom stereocenters. The van der Waals surface area contributed by atoms with Crippen LogP contribution < -0.4 is 10.5 Å². The molecule has 0 saturated carbocycles. The zero-order valence-electron chi connectivity index (χ0n) is 10.00. The van der Waals surface area contributed by atoms with Crippen molar-refractivity contribution in [2.45, 2.75) is 4.90 Å². The van der Waals surface area contributed by atoms with Crippen LogP contribution in [0.4, 0.5) is 11.4 Å². The van der Waals surface area contributed by atoms with Crippen molar-refractivity contribution in [2.75, 3.05) is 10.5 Å². The van der Waals surface area contributed by atoms with Gasteiger partial charge in [-0.25, -0.2) is 8.42 Å². The van der Waals surface area contributed by atoms with Crippen molar-refractivity contribution in [3.8, 4) is 0 Å². The van der Waals surface area contributed by atoms with Crippen LogP contribution in [0.25, 0.3) is 0 Å². The van der Waals surface area contributed by atoms with Gasteiger partial charge in [0.25, 0.3) is 10.0 Å². The van der Waals surface area contributed by atoms with E-state index >= 15 is 0 Å². The van der Waals surface area contributed by atoms with Crippen LogP contribution in [0, 0.1) is 0 Å². The summed E-state index contributed by atoms with van der Waals surface area (Å²) in [6.07, 6.45) is 0. The molecule has 6 heteroatoms. The van der Waals surface area contributed by atoms with Crippen molar-refractivity contribution in [1.82, 2.24) is 0 Å². The summed E-state index contributed by atoms with van der Waals surface area (Å²) in [6, 6.07) is 14.8. The molecule has 0 aromatic heterocycles. The first-order chi connectivity index (χ1) is 8.08. The van der Waals surface area contributed by atoms with E-state index in [4.69, 9.17) is 5.73 Å². The first kappa shape index (κ1) is 15.0. The fraction of sp³-hybridized carbons (Fsp3) is 0. The van der Waals surface area contributed by atoms with Crippen molar-refractivity contribution in [3.05, 3.63) is 54.6 Å². The van der Waals surface area contributed by atoms with Crippen LogP contribution in [0.15, 0.2) is 59.5 Å². The Balaban J connectivity index is 0.00000162. The van der Waals surface area contributed by atoms with Crippen LogP contribution in [0.1, 0.15) is 0 Å². The first-order valence-electron chi connectivity index (χ1n) is 5.01. The molecule has 0 aliphatic heterocycles. The second kappa shape index (κ2) is 6.24. The summed E-state index contributed by atoms with van der Waals surface area (Å²) < 4.78 is 26.4. The van der Waals surface area contributed by atoms with E-state index in [1.807, 2.05) is 6.07 Å². The van der Waals surface area contributed by atoms with E-state index in [1.54, 1.807) is 36.4 Å². The van der Waals surface area contributed by atoms with Crippen LogP contribution in [-0.4, -0.2) is 38.0 Å². The molecule has 2 aromatic carbocycles. The van der Waals surface area contributed by atoms with Gasteiger partial charge in [0.05, 0.1) is 4.90 Å². The molecule has 0 unspecified atom stereocenters. The number of hydrogen-bond donors (Lipinski definition) is 2. The molecule has 0 spiro atoms. The van der Waals surface area contributed by atoms with Crippen LogP contribution >= 0.6 is 0 Å². The molecule has 0 bridgehead atoms. The van der Waals surface area contributed by atoms with E-state index in [-0.39, 0.29) is 34.5 Å². The maximum atomic E-state index is 12.0. The molecule has 89 valence electrons. The van der Waals surface area contributed by atoms with Crippen molar-refractivity contribution < 1.29 is 8.42 Å². The summed E-state index contributed by atoms with van der Waals surface area (Å²) in [6.45, 7) is 0. The smallest absolute Gasteiger partial charge is 0.261 e. The van der Waals surface area contributed by atoms with Gasteiger partial charge in [-0.1, -0.05) is 18.2 Å². The third-order valence-corrected chi connectivity index (χ3v) is 3.61. The van der Waals surface area contributed by atoms with Gasteiger partial charge in [0.2, 0.25) is 0 Å². The Hall–Kier alpha value is -1.01. The van der Waals surface area contributed by atoms with Crippen molar-refractivity contribution in [3.63, 3.8) is 0 Å². The fourth-order valence-electron chi connectivity index (χ4n) is 1.37. The Labute approximate surface area is 129 Å². The van der Waals surface area contributed by atoms with Gasteiger partial charge < -0.3 is 5.73 Å². The molecule has 0 saturated heterocycles. The molecule has 2 aromatic rings. The van der Waals surface area contributed by atoms with E-state index in [9.17, 15) is 8.42 Å². The van der Waals surface area contributed by atoms with E-state index in [1.165, 1.54) is 12.1 Å². The van der Waals surface area contributed by atoms with Gasteiger partial charge in [0.15, 0.2) is 0 Å². The normalized spacial score (nSPS) is 10.4. The predicted molar refractivity (Wildman–Crippen MR) is 73.9 cm³/mol. The fourth-order valence-corrected chi connectivity index (χ4v) is 2.43. The number of anilines is 2. The number of nitrogen functional groups attached to an aromatic ring is 1. The van der Waals surface area contributed by atoms with E-state index in [0.29, 0.717) is 11.4 Å². The molecule has 1 radical (unpaired) electrons. The van der Waals surface area contributed by atoms with Gasteiger partial charge in [-0.15, -0.1) is 0 Å². The number of hydrogen-bond acceptors (Lipinski definition) is 3. The average molecular weight is 271 g/mol. The van der Waals surface area contributed by atoms with Crippen LogP contribution in [0.5, 0.6) is 0 Å². The summed E-state index contributed by atoms with van der Waals surface area (Å²) in [7, 11) is -3.54. The molecular weight excluding hydrogens is 259 g/mol. The Morgan fingerprint density at radius 1 is 0.889 bits per heavy atom. The molecule has 18 heavy (non-hydrogen) atoms. The summed E-state index contributed by atoms with van der Waals surface area (Å²) in [5.41, 5.74) is 6.57. The minimum Gasteiger partial charge on any atom is -0.399 e. The summed E-state index contributed by atoms with van der Waals surface area (Å²) in [4.78, 5) is 0.190. The molecule has 3 N–H and O–H groups in total. The van der Waals surface area contributed by atoms with E-state index in [0.717, 1.165) is 0 Å². The number of para-hydroxylation sites is 1. The molecular formula is C12H12N2NaO2S. The van der Waals surface area contributed by atoms with Crippen LogP contribution in [-0.2, 0) is 10.0 Å². The topological polar surface area (TPSA) is 72.2 Å². The minimum absolute atomic E-state index is 0. The van der Waals surface area contributed by atoms with Gasteiger partial charge in [0.1, 0.15) is 0 Å². The second-order valence-corrected chi connectivity index (χ2v) is 5.22. The molecule has 0 aliphatic rings. The molecule has 0 fully saturated rings. The molecule has 0 aliphatic carbocycles. The summed E-state index contributed by atoms with van der Waals surface area (Å²) >= 11 is 0. The maximum Gasteiger partial charge on any atom is 0.261 e. The number of nitrogens with one attached hydrogen (secondary N) is 1. The SMILES string of the molecule is Nc1ccc(S(=O)(=O)Nc2ccccc2)cc1.[Na]. The Bertz CT molecular complexity index is 598. The van der Waals surface area contributed by atoms with Crippen molar-refractivity contribution in [1.29, 1.82) is 0 Å². The molecule has 0 amide bonds. The number of benzene rings is 2. The van der Waals surface area contributed by atoms with Gasteiger partial charge in [0, 0.05) is 40.9 Å². The monoisotopic (exact) mass is 271 g/mol. The van der Waals surface area contributed by atoms with Gasteiger partial charge in [-0.2, -0.15) is 0 Å². The quantitative estimate of drug-likeness (QED) is 0.659. The first-order valence-corrected chi connectivity index (χ1v) is 6.50. The van der Waals surface area contributed by atoms with Crippen LogP contribution in [0.2, 0.25) is 0 Å². The van der Waals surface area contributed by atoms with Gasteiger partial charge in [-0.05, 0) is 36.4 Å². The number of nitrogens with two attached hydrogens (primary N) is 1. The maximum absolute atomic E-state index is 12.0. The van der Waals surface area contributed by atoms with Crippen LogP contribution in [0.3, 0.4) is 0 Å². The Kier molecular flexibility index (Phi) is 5.22. The minimum atomic E-state index is -3.54. The third-order valence-electron chi connectivity index (χ3n) is 2.22. The number of rotatable bonds is 3. The zero-order chi connectivity index (χ0) is 12.3. The van der Waals surface area contributed by atoms with E-state index in [2.05, 4.69) is 4.72 Å². The molecule has 0 heterocycles. The number of sulfonamides is 1. The molecule has 2 rings (SSSR count). The van der Waals surface area contributed by atoms with E-state index < -0.39 is 10.0 Å². The largest absolute Gasteiger partial charge is 0.399 e. The standard InChI is InChI=1S/C12H12N2O2S.Na/c13-10-6-8-12(9-7-10)17(15,16)14-11-4-2-1-3-5-11;/h1-9,14H,13H2;. The Morgan fingerprint density at radius 2 is 1.44 bits per heavy atom. The van der Waals surface area contributed by atoms with Gasteiger partial charge >= 0.3 is 0 Å². The zero-order valence-corrected chi connectivity index (χ0v) is 12.8.